The van der Waals surface area contributed by atoms with Gasteiger partial charge in [0.2, 0.25) is 17.2 Å². The zero-order valence-corrected chi connectivity index (χ0v) is 50.6. The van der Waals surface area contributed by atoms with Crippen LogP contribution in [0.5, 0.6) is 0 Å². The maximum atomic E-state index is 15.7. The van der Waals surface area contributed by atoms with Crippen molar-refractivity contribution in [1.82, 2.24) is 34.2 Å². The lowest BCUT2D eigenvalue weighted by Crippen LogP contribution is -2.36. The van der Waals surface area contributed by atoms with Gasteiger partial charge in [0.25, 0.3) is 5.92 Å². The molecule has 2 unspecified atom stereocenters. The summed E-state index contributed by atoms with van der Waals surface area (Å²) >= 11 is 3.67. The van der Waals surface area contributed by atoms with Crippen molar-refractivity contribution in [3.8, 4) is 23.0 Å². The number of nitrogens with zero attached hydrogens (tertiary/aromatic N) is 6. The molecule has 0 radical (unpaired) electrons. The number of ether oxygens (including phenoxy) is 1. The van der Waals surface area contributed by atoms with Crippen molar-refractivity contribution in [2.24, 2.45) is 11.3 Å². The summed E-state index contributed by atoms with van der Waals surface area (Å²) in [7, 11) is -8.31. The lowest BCUT2D eigenvalue weighted by molar-refractivity contribution is -0.159. The molecule has 5 aromatic rings. The molecule has 32 heteroatoms. The first-order valence-corrected chi connectivity index (χ1v) is 30.5. The van der Waals surface area contributed by atoms with Gasteiger partial charge < -0.3 is 10.1 Å². The fourth-order valence-corrected chi connectivity index (χ4v) is 12.0. The summed E-state index contributed by atoms with van der Waals surface area (Å²) in [6, 6.07) is 5.08. The van der Waals surface area contributed by atoms with Crippen LogP contribution >= 0.6 is 19.4 Å². The highest BCUT2D eigenvalue weighted by Crippen LogP contribution is 2.68. The number of halogens is 11. The standard InChI is InChI=1S/C53H59ClF10N7O11PS2/c1-47(2,3)81-83(74,82-48(4,5)6)80-26-49(7,8)46(73)79-27-69(84(75)76)23-38-41-36(54)15-14-33(43(41)71(67-38)25-51(57,58)59)32-13-12-31(16-17-50(9,10)85(11,77)78)65-42(32)37(20-28-18-29(55)21-30(56)19-28)66-39(72)24-70-45-40(44(68-70)53(62,63)64)34-22-35(34)52(45,60)61/h12-15,18-19,21,34-35,37H,20,22-27H2,1-11H3,(H,66,72)(H,75,76)/t34-,35+,37?/m0/s1. The molecule has 2 aromatic carbocycles. The lowest BCUT2D eigenvalue weighted by atomic mass is 9.93. The number of carbonyl (C=O) groups is 2. The van der Waals surface area contributed by atoms with Crippen LogP contribution in [0.15, 0.2) is 42.5 Å². The zero-order valence-electron chi connectivity index (χ0n) is 47.4. The smallest absolute Gasteiger partial charge is 0.448 e. The highest BCUT2D eigenvalue weighted by atomic mass is 35.5. The van der Waals surface area contributed by atoms with E-state index in [0.717, 1.165) is 18.4 Å². The Kier molecular flexibility index (Phi) is 18.6. The van der Waals surface area contributed by atoms with Crippen molar-refractivity contribution in [2.45, 2.75) is 148 Å². The number of hydrogen-bond donors (Lipinski definition) is 2. The number of sulfone groups is 1. The average molecular weight is 1290 g/mol. The number of rotatable bonds is 20. The van der Waals surface area contributed by atoms with E-state index < -0.39 is 183 Å². The van der Waals surface area contributed by atoms with Crippen molar-refractivity contribution in [2.75, 3.05) is 19.6 Å². The highest BCUT2D eigenvalue weighted by Gasteiger charge is 2.68. The van der Waals surface area contributed by atoms with Gasteiger partial charge >= 0.3 is 26.1 Å². The van der Waals surface area contributed by atoms with E-state index in [0.29, 0.717) is 15.1 Å². The summed E-state index contributed by atoms with van der Waals surface area (Å²) in [5.74, 6) is -6.11. The highest BCUT2D eigenvalue weighted by molar-refractivity contribution is 7.92. The molecule has 0 aliphatic heterocycles. The molecule has 0 saturated heterocycles. The van der Waals surface area contributed by atoms with E-state index in [2.05, 4.69) is 32.3 Å². The summed E-state index contributed by atoms with van der Waals surface area (Å²) in [6.07, 6.45) is -10.4. The van der Waals surface area contributed by atoms with Crippen molar-refractivity contribution >= 4 is 63.3 Å². The molecule has 2 aliphatic rings. The maximum absolute atomic E-state index is 15.7. The van der Waals surface area contributed by atoms with Gasteiger partial charge in [-0.2, -0.15) is 49.6 Å². The monoisotopic (exact) mass is 1290 g/mol. The molecule has 7 rings (SSSR count). The number of amides is 1. The Morgan fingerprint density at radius 1 is 0.929 bits per heavy atom. The number of hydrogen-bond acceptors (Lipinski definition) is 13. The van der Waals surface area contributed by atoms with Crippen LogP contribution in [0.4, 0.5) is 43.9 Å². The molecule has 4 atom stereocenters. The third kappa shape index (κ3) is 15.8. The predicted molar refractivity (Wildman–Crippen MR) is 289 cm³/mol. The number of phosphoric ester groups is 1. The number of nitrogens with one attached hydrogen (secondary N) is 1. The molecule has 466 valence electrons. The molecule has 0 bridgehead atoms. The van der Waals surface area contributed by atoms with Crippen LogP contribution in [0, 0.1) is 34.8 Å². The fraction of sp³-hybridized carbons (Fsp3) is 0.528. The molecule has 3 heterocycles. The van der Waals surface area contributed by atoms with E-state index in [4.69, 9.17) is 29.9 Å². The summed E-state index contributed by atoms with van der Waals surface area (Å²) in [6.45, 7) is 8.81. The maximum Gasteiger partial charge on any atom is 0.475 e. The quantitative estimate of drug-likeness (QED) is 0.0185. The fourth-order valence-electron chi connectivity index (χ4n) is 9.14. The van der Waals surface area contributed by atoms with Crippen LogP contribution in [-0.4, -0.2) is 99.6 Å². The average Bonchev–Trinajstić information content (AvgIpc) is 1.53. The molecule has 2 aliphatic carbocycles. The molecular formula is C53H59ClF10N7O11PS2. The first-order chi connectivity index (χ1) is 38.7. The first kappa shape index (κ1) is 67.0. The van der Waals surface area contributed by atoms with E-state index in [1.807, 2.05) is 0 Å². The van der Waals surface area contributed by atoms with Gasteiger partial charge in [-0.15, -0.1) is 0 Å². The van der Waals surface area contributed by atoms with Gasteiger partial charge in [-0.3, -0.25) is 37.1 Å². The lowest BCUT2D eigenvalue weighted by Gasteiger charge is -2.32. The van der Waals surface area contributed by atoms with Crippen LogP contribution in [-0.2, 0) is 91.7 Å². The zero-order chi connectivity index (χ0) is 63.7. The number of fused-ring (bicyclic) bond motifs is 4. The Labute approximate surface area is 489 Å². The van der Waals surface area contributed by atoms with Crippen LogP contribution in [0.25, 0.3) is 22.0 Å². The number of pyridine rings is 1. The number of alkyl halides is 8. The van der Waals surface area contributed by atoms with Crippen LogP contribution in [0.1, 0.15) is 127 Å². The summed E-state index contributed by atoms with van der Waals surface area (Å²) in [5.41, 5.74) is -9.75. The van der Waals surface area contributed by atoms with Gasteiger partial charge in [0.15, 0.2) is 22.3 Å². The van der Waals surface area contributed by atoms with Crippen molar-refractivity contribution in [1.29, 1.82) is 0 Å². The predicted octanol–water partition coefficient (Wildman–Crippen LogP) is 11.5. The van der Waals surface area contributed by atoms with E-state index >= 15 is 8.78 Å². The second-order valence-corrected chi connectivity index (χ2v) is 29.1. The normalized spacial score (nSPS) is 17.3. The molecular weight excluding hydrogens is 1230 g/mol. The molecule has 1 saturated carbocycles. The van der Waals surface area contributed by atoms with Crippen LogP contribution in [0.2, 0.25) is 5.02 Å². The van der Waals surface area contributed by atoms with Gasteiger partial charge in [-0.05, 0) is 130 Å². The number of carbonyl (C=O) groups excluding carboxylic acids is 2. The Morgan fingerprint density at radius 3 is 2.08 bits per heavy atom. The molecule has 1 amide bonds. The summed E-state index contributed by atoms with van der Waals surface area (Å²) in [5, 5.41) is 9.38. The minimum atomic E-state index is -5.23. The minimum Gasteiger partial charge on any atom is -0.448 e. The van der Waals surface area contributed by atoms with E-state index in [1.54, 1.807) is 41.5 Å². The Morgan fingerprint density at radius 2 is 1.53 bits per heavy atom. The molecule has 0 spiro atoms. The summed E-state index contributed by atoms with van der Waals surface area (Å²) in [4.78, 5) is 32.5. The van der Waals surface area contributed by atoms with E-state index in [1.165, 1.54) is 52.0 Å². The number of esters is 1. The Balaban J connectivity index is 1.34. The first-order valence-electron chi connectivity index (χ1n) is 25.7. The minimum absolute atomic E-state index is 0.202. The second-order valence-electron chi connectivity index (χ2n) is 23.6. The van der Waals surface area contributed by atoms with E-state index in [9.17, 15) is 66.5 Å². The van der Waals surface area contributed by atoms with Gasteiger partial charge in [0, 0.05) is 40.3 Å². The van der Waals surface area contributed by atoms with Crippen LogP contribution in [0.3, 0.4) is 0 Å². The molecule has 2 N–H and O–H groups in total. The Bertz CT molecular complexity index is 3660. The SMILES string of the molecule is CC(C)(C)OP(=O)(OCC(C)(C)C(=O)OCN(Cc1nn(CC(F)(F)F)c2c(-c3ccc(C#CC(C)(C)S(C)(=O)=O)nc3C(Cc3cc(F)cc(F)c3)NC(=O)Cn3nc(C(F)(F)F)c4c3C(F)(F)[C@@H]3C[C@H]43)ccc(Cl)c12)S(=O)O)OC(C)(C)C. The van der Waals surface area contributed by atoms with Gasteiger partial charge in [0.1, 0.15) is 40.9 Å². The Hall–Kier alpha value is -5.51. The third-order valence-corrected chi connectivity index (χ3v) is 18.1. The van der Waals surface area contributed by atoms with Gasteiger partial charge in [-0.25, -0.2) is 31.0 Å². The molecule has 85 heavy (non-hydrogen) atoms. The van der Waals surface area contributed by atoms with Crippen molar-refractivity contribution in [3.05, 3.63) is 98.7 Å². The second kappa shape index (κ2) is 23.5. The summed E-state index contributed by atoms with van der Waals surface area (Å²) < 4.78 is 233. The topological polar surface area (TPSA) is 223 Å². The van der Waals surface area contributed by atoms with E-state index in [-0.39, 0.29) is 43.9 Å². The number of aromatic nitrogens is 5. The van der Waals surface area contributed by atoms with Gasteiger partial charge in [0.05, 0.1) is 57.7 Å². The van der Waals surface area contributed by atoms with Crippen LogP contribution < -0.4 is 5.32 Å². The largest absolute Gasteiger partial charge is 0.475 e. The third-order valence-electron chi connectivity index (χ3n) is 13.2. The molecule has 3 aromatic heterocycles. The number of phosphoric acid groups is 1. The van der Waals surface area contributed by atoms with Crippen molar-refractivity contribution < 1.29 is 93.5 Å². The molecule has 18 nitrogen and oxygen atoms in total. The van der Waals surface area contributed by atoms with Crippen molar-refractivity contribution in [3.63, 3.8) is 0 Å². The van der Waals surface area contributed by atoms with Gasteiger partial charge in [-0.1, -0.05) is 23.6 Å². The number of benzene rings is 2. The molecule has 1 fully saturated rings.